The molecule has 0 aliphatic heterocycles. The molecule has 20 heavy (non-hydrogen) atoms. The molecule has 0 fully saturated rings. The quantitative estimate of drug-likeness (QED) is 0.653. The molecule has 0 bridgehead atoms. The van der Waals surface area contributed by atoms with Gasteiger partial charge in [-0.2, -0.15) is 5.10 Å². The minimum absolute atomic E-state index is 0.178. The highest BCUT2D eigenvalue weighted by Crippen LogP contribution is 2.20. The van der Waals surface area contributed by atoms with E-state index in [0.29, 0.717) is 10.0 Å². The van der Waals surface area contributed by atoms with Gasteiger partial charge < -0.3 is 0 Å². The van der Waals surface area contributed by atoms with Gasteiger partial charge in [-0.05, 0) is 26.0 Å². The number of sulfonamides is 1. The van der Waals surface area contributed by atoms with Gasteiger partial charge in [-0.1, -0.05) is 12.1 Å². The smallest absolute Gasteiger partial charge is 0.260 e. The van der Waals surface area contributed by atoms with E-state index in [9.17, 15) is 17.6 Å². The van der Waals surface area contributed by atoms with Gasteiger partial charge in [0.1, 0.15) is 12.4 Å². The molecule has 6 nitrogen and oxygen atoms in total. The van der Waals surface area contributed by atoms with E-state index in [1.54, 1.807) is 13.8 Å². The first-order valence-corrected chi connectivity index (χ1v) is 7.58. The van der Waals surface area contributed by atoms with Crippen molar-refractivity contribution in [2.45, 2.75) is 13.8 Å². The number of carbonyl (C=O) groups excluding carboxylic acids is 1. The van der Waals surface area contributed by atoms with E-state index in [-0.39, 0.29) is 5.69 Å². The summed E-state index contributed by atoms with van der Waals surface area (Å²) in [6.07, 6.45) is 0.904. The molecule has 0 aliphatic carbocycles. The van der Waals surface area contributed by atoms with Crippen LogP contribution < -0.4 is 9.73 Å². The maximum absolute atomic E-state index is 13.7. The minimum atomic E-state index is -3.79. The molecular formula is C12H16FN3O3S. The van der Waals surface area contributed by atoms with Gasteiger partial charge in [0.25, 0.3) is 5.91 Å². The first kappa shape index (κ1) is 16.1. The molecule has 1 rings (SSSR count). The summed E-state index contributed by atoms with van der Waals surface area (Å²) in [4.78, 5) is 11.6. The van der Waals surface area contributed by atoms with E-state index < -0.39 is 28.3 Å². The van der Waals surface area contributed by atoms with Crippen molar-refractivity contribution in [1.29, 1.82) is 0 Å². The van der Waals surface area contributed by atoms with Crippen LogP contribution in [0.15, 0.2) is 29.4 Å². The minimum Gasteiger partial charge on any atom is -0.271 e. The number of nitrogens with one attached hydrogen (secondary N) is 1. The number of hydrogen-bond donors (Lipinski definition) is 1. The molecular weight excluding hydrogens is 285 g/mol. The van der Waals surface area contributed by atoms with E-state index in [1.165, 1.54) is 18.2 Å². The van der Waals surface area contributed by atoms with E-state index in [1.807, 2.05) is 0 Å². The molecule has 0 saturated heterocycles. The van der Waals surface area contributed by atoms with E-state index in [0.717, 1.165) is 12.3 Å². The van der Waals surface area contributed by atoms with Crippen LogP contribution in [0.3, 0.4) is 0 Å². The third kappa shape index (κ3) is 4.61. The molecule has 0 aliphatic rings. The zero-order chi connectivity index (χ0) is 15.3. The van der Waals surface area contributed by atoms with Crippen LogP contribution in [0.5, 0.6) is 0 Å². The van der Waals surface area contributed by atoms with Gasteiger partial charge in [0.2, 0.25) is 10.0 Å². The maximum Gasteiger partial charge on any atom is 0.260 e. The molecule has 0 radical (unpaired) electrons. The first-order chi connectivity index (χ1) is 9.21. The van der Waals surface area contributed by atoms with Crippen LogP contribution in [0.4, 0.5) is 10.1 Å². The van der Waals surface area contributed by atoms with Crippen LogP contribution in [-0.2, 0) is 14.8 Å². The highest BCUT2D eigenvalue weighted by Gasteiger charge is 2.23. The molecule has 110 valence electrons. The van der Waals surface area contributed by atoms with E-state index in [4.69, 9.17) is 0 Å². The van der Waals surface area contributed by atoms with Crippen LogP contribution in [0.25, 0.3) is 0 Å². The summed E-state index contributed by atoms with van der Waals surface area (Å²) in [5, 5.41) is 3.68. The van der Waals surface area contributed by atoms with Crippen molar-refractivity contribution in [2.75, 3.05) is 17.1 Å². The normalized spacial score (nSPS) is 10.8. The summed E-state index contributed by atoms with van der Waals surface area (Å²) in [5.41, 5.74) is 2.62. The topological polar surface area (TPSA) is 78.8 Å². The summed E-state index contributed by atoms with van der Waals surface area (Å²) in [5.74, 6) is -1.37. The lowest BCUT2D eigenvalue weighted by Gasteiger charge is -2.21. The van der Waals surface area contributed by atoms with Crippen molar-refractivity contribution in [3.63, 3.8) is 0 Å². The number of benzene rings is 1. The molecule has 0 aromatic heterocycles. The first-order valence-electron chi connectivity index (χ1n) is 5.74. The van der Waals surface area contributed by atoms with Gasteiger partial charge in [0, 0.05) is 5.71 Å². The fourth-order valence-corrected chi connectivity index (χ4v) is 2.23. The van der Waals surface area contributed by atoms with Crippen molar-refractivity contribution < 1.29 is 17.6 Å². The largest absolute Gasteiger partial charge is 0.271 e. The van der Waals surface area contributed by atoms with Crippen LogP contribution in [0, 0.1) is 5.82 Å². The third-order valence-electron chi connectivity index (χ3n) is 2.21. The molecule has 1 aromatic rings. The number of amides is 1. The highest BCUT2D eigenvalue weighted by molar-refractivity contribution is 7.92. The Morgan fingerprint density at radius 2 is 1.95 bits per heavy atom. The van der Waals surface area contributed by atoms with Gasteiger partial charge in [-0.25, -0.2) is 18.2 Å². The van der Waals surface area contributed by atoms with Crippen LogP contribution in [0.2, 0.25) is 0 Å². The lowest BCUT2D eigenvalue weighted by atomic mass is 10.3. The molecule has 0 heterocycles. The molecule has 0 spiro atoms. The van der Waals surface area contributed by atoms with Crippen LogP contribution >= 0.6 is 0 Å². The molecule has 0 unspecified atom stereocenters. The Hall–Kier alpha value is -1.96. The Morgan fingerprint density at radius 3 is 2.45 bits per heavy atom. The number of carbonyl (C=O) groups is 1. The maximum atomic E-state index is 13.7. The van der Waals surface area contributed by atoms with Crippen molar-refractivity contribution in [3.8, 4) is 0 Å². The number of anilines is 1. The zero-order valence-electron chi connectivity index (χ0n) is 11.4. The Labute approximate surface area is 117 Å². The Balaban J connectivity index is 3.02. The van der Waals surface area contributed by atoms with Gasteiger partial charge in [-0.3, -0.25) is 9.10 Å². The molecule has 0 atom stereocenters. The molecule has 1 N–H and O–H groups in total. The fraction of sp³-hybridized carbons (Fsp3) is 0.333. The summed E-state index contributed by atoms with van der Waals surface area (Å²) >= 11 is 0. The van der Waals surface area contributed by atoms with Gasteiger partial charge in [-0.15, -0.1) is 0 Å². The summed E-state index contributed by atoms with van der Waals surface area (Å²) in [6, 6.07) is 5.34. The van der Waals surface area contributed by atoms with E-state index >= 15 is 0 Å². The Morgan fingerprint density at radius 1 is 1.35 bits per heavy atom. The highest BCUT2D eigenvalue weighted by atomic mass is 32.2. The lowest BCUT2D eigenvalue weighted by molar-refractivity contribution is -0.119. The zero-order valence-corrected chi connectivity index (χ0v) is 12.2. The molecule has 8 heteroatoms. The Bertz CT molecular complexity index is 625. The lowest BCUT2D eigenvalue weighted by Crippen LogP contribution is -2.39. The van der Waals surface area contributed by atoms with Gasteiger partial charge in [0.15, 0.2) is 0 Å². The van der Waals surface area contributed by atoms with Gasteiger partial charge in [0.05, 0.1) is 11.9 Å². The van der Waals surface area contributed by atoms with Crippen molar-refractivity contribution >= 4 is 27.3 Å². The van der Waals surface area contributed by atoms with Gasteiger partial charge >= 0.3 is 0 Å². The van der Waals surface area contributed by atoms with Crippen LogP contribution in [0.1, 0.15) is 13.8 Å². The Kier molecular flexibility index (Phi) is 5.20. The third-order valence-corrected chi connectivity index (χ3v) is 3.34. The number of halogens is 1. The van der Waals surface area contributed by atoms with Crippen molar-refractivity contribution in [3.05, 3.63) is 30.1 Å². The fourth-order valence-electron chi connectivity index (χ4n) is 1.38. The average molecular weight is 301 g/mol. The predicted molar refractivity (Wildman–Crippen MR) is 75.5 cm³/mol. The monoisotopic (exact) mass is 301 g/mol. The number of rotatable bonds is 5. The molecule has 1 amide bonds. The second kappa shape index (κ2) is 6.47. The summed E-state index contributed by atoms with van der Waals surface area (Å²) in [7, 11) is -3.79. The number of nitrogens with zero attached hydrogens (tertiary/aromatic N) is 2. The number of para-hydroxylation sites is 1. The second-order valence-corrected chi connectivity index (χ2v) is 6.22. The van der Waals surface area contributed by atoms with Crippen molar-refractivity contribution in [2.24, 2.45) is 5.10 Å². The summed E-state index contributed by atoms with van der Waals surface area (Å²) in [6.45, 7) is 2.80. The summed E-state index contributed by atoms with van der Waals surface area (Å²) < 4.78 is 37.8. The SMILES string of the molecule is CC(C)=NNC(=O)CN(c1ccccc1F)S(C)(=O)=O. The van der Waals surface area contributed by atoms with Crippen molar-refractivity contribution in [1.82, 2.24) is 5.43 Å². The predicted octanol–water partition coefficient (Wildman–Crippen LogP) is 1.10. The van der Waals surface area contributed by atoms with E-state index in [2.05, 4.69) is 10.5 Å². The standard InChI is InChI=1S/C12H16FN3O3S/c1-9(2)14-15-12(17)8-16(20(3,18)19)11-7-5-4-6-10(11)13/h4-7H,8H2,1-3H3,(H,15,17). The molecule has 0 saturated carbocycles. The average Bonchev–Trinajstić information content (AvgIpc) is 2.33. The van der Waals surface area contributed by atoms with Crippen LogP contribution in [-0.4, -0.2) is 32.8 Å². The second-order valence-electron chi connectivity index (χ2n) is 4.32. The molecule has 1 aromatic carbocycles. The number of hydrazone groups is 1. The number of hydrogen-bond acceptors (Lipinski definition) is 4.